The molecule has 1 N–H and O–H groups in total. The van der Waals surface area contributed by atoms with Gasteiger partial charge in [0.15, 0.2) is 11.0 Å². The third kappa shape index (κ3) is 5.14. The van der Waals surface area contributed by atoms with Crippen LogP contribution in [0.4, 0.5) is 0 Å². The molecule has 0 radical (unpaired) electrons. The average Bonchev–Trinajstić information content (AvgIpc) is 3.11. The normalized spacial score (nSPS) is 10.8. The lowest BCUT2D eigenvalue weighted by molar-refractivity contribution is -0.118. The quantitative estimate of drug-likeness (QED) is 0.556. The Morgan fingerprint density at radius 3 is 2.75 bits per heavy atom. The maximum atomic E-state index is 12.2. The number of hydrogen-bond acceptors (Lipinski definition) is 4. The SMILES string of the molecule is CCn1c(SCC(=O)NCCc2ccccc2C)nnc1-c1cccc(Cl)c1. The van der Waals surface area contributed by atoms with Gasteiger partial charge in [-0.05, 0) is 43.5 Å². The minimum atomic E-state index is -0.00598. The molecular formula is C21H23ClN4OS. The lowest BCUT2D eigenvalue weighted by Crippen LogP contribution is -2.27. The van der Waals surface area contributed by atoms with Crippen LogP contribution >= 0.6 is 23.4 Å². The van der Waals surface area contributed by atoms with Crippen LogP contribution < -0.4 is 5.32 Å². The van der Waals surface area contributed by atoms with Gasteiger partial charge in [-0.15, -0.1) is 10.2 Å². The zero-order chi connectivity index (χ0) is 19.9. The van der Waals surface area contributed by atoms with E-state index in [0.29, 0.717) is 23.9 Å². The lowest BCUT2D eigenvalue weighted by atomic mass is 10.1. The fraction of sp³-hybridized carbons (Fsp3) is 0.286. The molecule has 0 fully saturated rings. The Morgan fingerprint density at radius 1 is 1.18 bits per heavy atom. The van der Waals surface area contributed by atoms with Crippen LogP contribution in [0.1, 0.15) is 18.1 Å². The van der Waals surface area contributed by atoms with E-state index in [0.717, 1.165) is 23.0 Å². The summed E-state index contributed by atoms with van der Waals surface area (Å²) in [6.07, 6.45) is 0.827. The first-order valence-corrected chi connectivity index (χ1v) is 10.6. The highest BCUT2D eigenvalue weighted by atomic mass is 35.5. The Kier molecular flexibility index (Phi) is 7.12. The van der Waals surface area contributed by atoms with E-state index < -0.39 is 0 Å². The largest absolute Gasteiger partial charge is 0.355 e. The summed E-state index contributed by atoms with van der Waals surface area (Å²) < 4.78 is 2.00. The molecule has 5 nitrogen and oxygen atoms in total. The van der Waals surface area contributed by atoms with Crippen LogP contribution in [0.5, 0.6) is 0 Å². The number of rotatable bonds is 8. The fourth-order valence-electron chi connectivity index (χ4n) is 2.93. The fourth-order valence-corrected chi connectivity index (χ4v) is 3.95. The van der Waals surface area contributed by atoms with E-state index in [1.165, 1.54) is 22.9 Å². The monoisotopic (exact) mass is 414 g/mol. The van der Waals surface area contributed by atoms with Crippen LogP contribution in [0.3, 0.4) is 0 Å². The van der Waals surface area contributed by atoms with E-state index in [2.05, 4.69) is 34.6 Å². The van der Waals surface area contributed by atoms with E-state index in [4.69, 9.17) is 11.6 Å². The van der Waals surface area contributed by atoms with Gasteiger partial charge in [-0.3, -0.25) is 4.79 Å². The minimum absolute atomic E-state index is 0.00598. The number of hydrogen-bond donors (Lipinski definition) is 1. The second-order valence-electron chi connectivity index (χ2n) is 6.38. The van der Waals surface area contributed by atoms with Crippen molar-refractivity contribution < 1.29 is 4.79 Å². The summed E-state index contributed by atoms with van der Waals surface area (Å²) in [6, 6.07) is 15.8. The molecule has 0 aliphatic heterocycles. The smallest absolute Gasteiger partial charge is 0.230 e. The van der Waals surface area contributed by atoms with Crippen LogP contribution in [-0.4, -0.2) is 33.0 Å². The van der Waals surface area contributed by atoms with Crippen molar-refractivity contribution in [3.05, 3.63) is 64.7 Å². The first-order valence-electron chi connectivity index (χ1n) is 9.21. The molecule has 1 aromatic heterocycles. The third-order valence-electron chi connectivity index (χ3n) is 4.43. The predicted octanol–water partition coefficient (Wildman–Crippen LogP) is 4.38. The molecule has 0 bridgehead atoms. The molecule has 0 aliphatic carbocycles. The summed E-state index contributed by atoms with van der Waals surface area (Å²) >= 11 is 7.48. The van der Waals surface area contributed by atoms with Crippen molar-refractivity contribution in [3.8, 4) is 11.4 Å². The van der Waals surface area contributed by atoms with Gasteiger partial charge in [0.1, 0.15) is 0 Å². The second kappa shape index (κ2) is 9.75. The number of benzene rings is 2. The topological polar surface area (TPSA) is 59.8 Å². The molecular weight excluding hydrogens is 392 g/mol. The van der Waals surface area contributed by atoms with Crippen molar-refractivity contribution in [1.29, 1.82) is 0 Å². The van der Waals surface area contributed by atoms with Crippen molar-refractivity contribution in [2.75, 3.05) is 12.3 Å². The van der Waals surface area contributed by atoms with E-state index in [9.17, 15) is 4.79 Å². The molecule has 0 aliphatic rings. The van der Waals surface area contributed by atoms with Crippen LogP contribution in [0, 0.1) is 6.92 Å². The number of thioether (sulfide) groups is 1. The third-order valence-corrected chi connectivity index (χ3v) is 5.63. The van der Waals surface area contributed by atoms with Crippen molar-refractivity contribution >= 4 is 29.3 Å². The standard InChI is InChI=1S/C21H23ClN4OS/c1-3-26-20(17-9-6-10-18(22)13-17)24-25-21(26)28-14-19(27)23-12-11-16-8-5-4-7-15(16)2/h4-10,13H,3,11-12,14H2,1-2H3,(H,23,27). The van der Waals surface area contributed by atoms with Crippen molar-refractivity contribution in [2.45, 2.75) is 32.0 Å². The maximum Gasteiger partial charge on any atom is 0.230 e. The van der Waals surface area contributed by atoms with Gasteiger partial charge in [-0.2, -0.15) is 0 Å². The Bertz CT molecular complexity index is 957. The summed E-state index contributed by atoms with van der Waals surface area (Å²) in [5, 5.41) is 12.9. The summed E-state index contributed by atoms with van der Waals surface area (Å²) in [5.74, 6) is 1.06. The molecule has 0 spiro atoms. The summed E-state index contributed by atoms with van der Waals surface area (Å²) in [4.78, 5) is 12.2. The zero-order valence-electron chi connectivity index (χ0n) is 16.0. The van der Waals surface area contributed by atoms with Crippen LogP contribution in [0.15, 0.2) is 53.7 Å². The molecule has 1 heterocycles. The van der Waals surface area contributed by atoms with E-state index in [-0.39, 0.29) is 5.91 Å². The summed E-state index contributed by atoms with van der Waals surface area (Å²) in [6.45, 7) is 5.45. The first kappa shape index (κ1) is 20.4. The molecule has 0 saturated heterocycles. The van der Waals surface area contributed by atoms with E-state index in [1.807, 2.05) is 47.9 Å². The Morgan fingerprint density at radius 2 is 2.00 bits per heavy atom. The molecule has 146 valence electrons. The Labute approximate surface area is 174 Å². The van der Waals surface area contributed by atoms with Crippen molar-refractivity contribution in [2.24, 2.45) is 0 Å². The highest BCUT2D eigenvalue weighted by Gasteiger charge is 2.14. The molecule has 2 aromatic carbocycles. The number of nitrogens with one attached hydrogen (secondary N) is 1. The van der Waals surface area contributed by atoms with Crippen LogP contribution in [0.2, 0.25) is 5.02 Å². The first-order chi connectivity index (χ1) is 13.6. The van der Waals surface area contributed by atoms with Gasteiger partial charge in [0.25, 0.3) is 0 Å². The second-order valence-corrected chi connectivity index (χ2v) is 7.75. The molecule has 28 heavy (non-hydrogen) atoms. The maximum absolute atomic E-state index is 12.2. The lowest BCUT2D eigenvalue weighted by Gasteiger charge is -2.09. The number of carbonyl (C=O) groups excluding carboxylic acids is 1. The van der Waals surface area contributed by atoms with Gasteiger partial charge in [-0.1, -0.05) is 59.8 Å². The Balaban J connectivity index is 1.55. The van der Waals surface area contributed by atoms with Gasteiger partial charge >= 0.3 is 0 Å². The minimum Gasteiger partial charge on any atom is -0.355 e. The molecule has 7 heteroatoms. The molecule has 3 rings (SSSR count). The van der Waals surface area contributed by atoms with Gasteiger partial charge in [-0.25, -0.2) is 0 Å². The molecule has 0 atom stereocenters. The van der Waals surface area contributed by atoms with Crippen molar-refractivity contribution in [3.63, 3.8) is 0 Å². The number of aryl methyl sites for hydroxylation is 1. The number of nitrogens with zero attached hydrogens (tertiary/aromatic N) is 3. The molecule has 0 saturated carbocycles. The van der Waals surface area contributed by atoms with E-state index in [1.54, 1.807) is 0 Å². The summed E-state index contributed by atoms with van der Waals surface area (Å²) in [7, 11) is 0. The van der Waals surface area contributed by atoms with Gasteiger partial charge in [0.2, 0.25) is 5.91 Å². The van der Waals surface area contributed by atoms with Crippen LogP contribution in [0.25, 0.3) is 11.4 Å². The number of aromatic nitrogens is 3. The molecule has 3 aromatic rings. The van der Waals surface area contributed by atoms with Crippen LogP contribution in [-0.2, 0) is 17.8 Å². The highest BCUT2D eigenvalue weighted by molar-refractivity contribution is 7.99. The van der Waals surface area contributed by atoms with Crippen molar-refractivity contribution in [1.82, 2.24) is 20.1 Å². The number of halogens is 1. The molecule has 0 unspecified atom stereocenters. The summed E-state index contributed by atoms with van der Waals surface area (Å²) in [5.41, 5.74) is 3.42. The van der Waals surface area contributed by atoms with E-state index >= 15 is 0 Å². The van der Waals surface area contributed by atoms with Gasteiger partial charge < -0.3 is 9.88 Å². The molecule has 1 amide bonds. The number of amides is 1. The Hall–Kier alpha value is -2.31. The van der Waals surface area contributed by atoms with Gasteiger partial charge in [0.05, 0.1) is 5.75 Å². The predicted molar refractivity (Wildman–Crippen MR) is 115 cm³/mol. The number of carbonyl (C=O) groups is 1. The highest BCUT2D eigenvalue weighted by Crippen LogP contribution is 2.25. The average molecular weight is 415 g/mol. The van der Waals surface area contributed by atoms with Gasteiger partial charge in [0, 0.05) is 23.7 Å². The zero-order valence-corrected chi connectivity index (χ0v) is 17.6.